The summed E-state index contributed by atoms with van der Waals surface area (Å²) in [5.41, 5.74) is 2.72. The number of esters is 1. The van der Waals surface area contributed by atoms with E-state index in [0.717, 1.165) is 11.4 Å². The largest absolute Gasteiger partial charge is 0.465 e. The number of benzene rings is 2. The molecule has 0 atom stereocenters. The van der Waals surface area contributed by atoms with E-state index >= 15 is 0 Å². The molecule has 1 aromatic heterocycles. The van der Waals surface area contributed by atoms with E-state index < -0.39 is 0 Å². The molecule has 0 aliphatic heterocycles. The van der Waals surface area contributed by atoms with Crippen LogP contribution in [0.2, 0.25) is 0 Å². The lowest BCUT2D eigenvalue weighted by molar-refractivity contribution is -0.114. The van der Waals surface area contributed by atoms with Gasteiger partial charge in [-0.1, -0.05) is 6.07 Å². The molecule has 0 aliphatic rings. The Hall–Kier alpha value is -3.94. The summed E-state index contributed by atoms with van der Waals surface area (Å²) in [6, 6.07) is 16.0. The Labute approximate surface area is 168 Å². The summed E-state index contributed by atoms with van der Waals surface area (Å²) in [5.74, 6) is 1.27. The zero-order chi connectivity index (χ0) is 20.8. The minimum atomic E-state index is -0.387. The molecule has 1 amide bonds. The van der Waals surface area contributed by atoms with Crippen LogP contribution in [0.4, 0.5) is 28.7 Å². The van der Waals surface area contributed by atoms with Gasteiger partial charge in [-0.15, -0.1) is 0 Å². The first-order valence-electron chi connectivity index (χ1n) is 8.89. The van der Waals surface area contributed by atoms with Crippen molar-refractivity contribution in [1.82, 2.24) is 9.97 Å². The van der Waals surface area contributed by atoms with Crippen LogP contribution in [0, 0.1) is 6.92 Å². The van der Waals surface area contributed by atoms with Gasteiger partial charge < -0.3 is 20.7 Å². The van der Waals surface area contributed by atoms with Crippen LogP contribution < -0.4 is 16.0 Å². The van der Waals surface area contributed by atoms with E-state index in [-0.39, 0.29) is 11.9 Å². The van der Waals surface area contributed by atoms with Crippen molar-refractivity contribution in [2.75, 3.05) is 23.1 Å². The maximum Gasteiger partial charge on any atom is 0.337 e. The SMILES string of the molecule is COC(=O)c1ccc(Nc2cc(Nc3cccc(NC(C)=O)c3)nc(C)n2)cc1. The van der Waals surface area contributed by atoms with Gasteiger partial charge >= 0.3 is 5.97 Å². The normalized spacial score (nSPS) is 10.2. The molecule has 0 unspecified atom stereocenters. The van der Waals surface area contributed by atoms with Crippen LogP contribution in [0.1, 0.15) is 23.1 Å². The highest BCUT2D eigenvalue weighted by Crippen LogP contribution is 2.22. The fourth-order valence-electron chi connectivity index (χ4n) is 2.68. The number of amides is 1. The van der Waals surface area contributed by atoms with Gasteiger partial charge in [-0.05, 0) is 49.4 Å². The van der Waals surface area contributed by atoms with Crippen LogP contribution in [0.5, 0.6) is 0 Å². The minimum absolute atomic E-state index is 0.135. The maximum absolute atomic E-state index is 11.5. The fourth-order valence-corrected chi connectivity index (χ4v) is 2.68. The Kier molecular flexibility index (Phi) is 6.03. The van der Waals surface area contributed by atoms with Crippen molar-refractivity contribution < 1.29 is 14.3 Å². The van der Waals surface area contributed by atoms with E-state index in [2.05, 4.69) is 25.9 Å². The van der Waals surface area contributed by atoms with Crippen LogP contribution in [0.15, 0.2) is 54.6 Å². The second-order valence-electron chi connectivity index (χ2n) is 6.27. The highest BCUT2D eigenvalue weighted by atomic mass is 16.5. The van der Waals surface area contributed by atoms with Crippen molar-refractivity contribution in [1.29, 1.82) is 0 Å². The summed E-state index contributed by atoms with van der Waals surface area (Å²) in [5, 5.41) is 9.15. The summed E-state index contributed by atoms with van der Waals surface area (Å²) in [6.45, 7) is 3.26. The van der Waals surface area contributed by atoms with Crippen LogP contribution in [0.25, 0.3) is 0 Å². The zero-order valence-corrected chi connectivity index (χ0v) is 16.3. The Balaban J connectivity index is 1.76. The van der Waals surface area contributed by atoms with Crippen LogP contribution in [-0.4, -0.2) is 29.0 Å². The number of rotatable bonds is 6. The van der Waals surface area contributed by atoms with Gasteiger partial charge in [-0.25, -0.2) is 14.8 Å². The second-order valence-corrected chi connectivity index (χ2v) is 6.27. The van der Waals surface area contributed by atoms with Gasteiger partial charge in [-0.2, -0.15) is 0 Å². The van der Waals surface area contributed by atoms with Gasteiger partial charge in [-0.3, -0.25) is 4.79 Å². The number of anilines is 5. The molecule has 8 nitrogen and oxygen atoms in total. The van der Waals surface area contributed by atoms with Crippen molar-refractivity contribution in [2.45, 2.75) is 13.8 Å². The first kappa shape index (κ1) is 19.8. The molecule has 0 saturated carbocycles. The number of nitrogens with one attached hydrogen (secondary N) is 3. The molecule has 0 bridgehead atoms. The van der Waals surface area contributed by atoms with Crippen LogP contribution in [-0.2, 0) is 9.53 Å². The first-order valence-corrected chi connectivity index (χ1v) is 8.89. The standard InChI is InChI=1S/C21H21N5O3/c1-13-22-19(25-16-9-7-15(8-10-16)21(28)29-3)12-20(23-13)26-18-6-4-5-17(11-18)24-14(2)27/h4-12H,1-3H3,(H,24,27)(H2,22,23,25,26). The summed E-state index contributed by atoms with van der Waals surface area (Å²) in [7, 11) is 1.35. The summed E-state index contributed by atoms with van der Waals surface area (Å²) in [6.07, 6.45) is 0. The number of hydrogen-bond acceptors (Lipinski definition) is 7. The van der Waals surface area contributed by atoms with Crippen molar-refractivity contribution in [2.24, 2.45) is 0 Å². The van der Waals surface area contributed by atoms with Gasteiger partial charge in [0.2, 0.25) is 5.91 Å². The number of nitrogens with zero attached hydrogens (tertiary/aromatic N) is 2. The van der Waals surface area contributed by atoms with Gasteiger partial charge in [0.05, 0.1) is 12.7 Å². The van der Waals surface area contributed by atoms with Gasteiger partial charge in [0.25, 0.3) is 0 Å². The van der Waals surface area contributed by atoms with Crippen molar-refractivity contribution in [3.63, 3.8) is 0 Å². The molecular weight excluding hydrogens is 370 g/mol. The third-order valence-corrected chi connectivity index (χ3v) is 3.87. The summed E-state index contributed by atoms with van der Waals surface area (Å²) < 4.78 is 4.70. The number of carbonyl (C=O) groups is 2. The Morgan fingerprint density at radius 1 is 0.862 bits per heavy atom. The lowest BCUT2D eigenvalue weighted by Crippen LogP contribution is -2.06. The van der Waals surface area contributed by atoms with Crippen LogP contribution in [0.3, 0.4) is 0 Å². The average molecular weight is 391 g/mol. The lowest BCUT2D eigenvalue weighted by Gasteiger charge is -2.11. The van der Waals surface area contributed by atoms with E-state index in [1.165, 1.54) is 14.0 Å². The van der Waals surface area contributed by atoms with Gasteiger partial charge in [0.1, 0.15) is 17.5 Å². The third-order valence-electron chi connectivity index (χ3n) is 3.87. The van der Waals surface area contributed by atoms with Gasteiger partial charge in [0, 0.05) is 30.1 Å². The van der Waals surface area contributed by atoms with E-state index in [1.54, 1.807) is 37.3 Å². The minimum Gasteiger partial charge on any atom is -0.465 e. The topological polar surface area (TPSA) is 105 Å². The molecule has 0 fully saturated rings. The predicted molar refractivity (Wildman–Crippen MR) is 112 cm³/mol. The number of aryl methyl sites for hydroxylation is 1. The summed E-state index contributed by atoms with van der Waals surface area (Å²) in [4.78, 5) is 31.6. The molecule has 29 heavy (non-hydrogen) atoms. The van der Waals surface area contributed by atoms with Gasteiger partial charge in [0.15, 0.2) is 0 Å². The molecule has 0 spiro atoms. The smallest absolute Gasteiger partial charge is 0.337 e. The highest BCUT2D eigenvalue weighted by Gasteiger charge is 2.07. The molecule has 1 heterocycles. The molecule has 0 saturated heterocycles. The molecule has 3 aromatic rings. The Morgan fingerprint density at radius 3 is 2.10 bits per heavy atom. The fraction of sp³-hybridized carbons (Fsp3) is 0.143. The lowest BCUT2D eigenvalue weighted by atomic mass is 10.2. The van der Waals surface area contributed by atoms with E-state index in [4.69, 9.17) is 4.74 Å². The van der Waals surface area contributed by atoms with E-state index in [9.17, 15) is 9.59 Å². The van der Waals surface area contributed by atoms with Crippen molar-refractivity contribution >= 4 is 40.6 Å². The summed E-state index contributed by atoms with van der Waals surface area (Å²) >= 11 is 0. The van der Waals surface area contributed by atoms with Crippen LogP contribution >= 0.6 is 0 Å². The molecule has 8 heteroatoms. The predicted octanol–water partition coefficient (Wildman–Crippen LogP) is 4.02. The molecule has 0 radical (unpaired) electrons. The number of hydrogen-bond donors (Lipinski definition) is 3. The monoisotopic (exact) mass is 391 g/mol. The zero-order valence-electron chi connectivity index (χ0n) is 16.3. The molecular formula is C21H21N5O3. The molecule has 0 aliphatic carbocycles. The maximum atomic E-state index is 11.5. The Morgan fingerprint density at radius 2 is 1.48 bits per heavy atom. The van der Waals surface area contributed by atoms with Crippen molar-refractivity contribution in [3.05, 3.63) is 66.0 Å². The number of carbonyl (C=O) groups excluding carboxylic acids is 2. The average Bonchev–Trinajstić information content (AvgIpc) is 2.67. The molecule has 3 N–H and O–H groups in total. The number of methoxy groups -OCH3 is 1. The third kappa shape index (κ3) is 5.52. The first-order chi connectivity index (χ1) is 13.9. The quantitative estimate of drug-likeness (QED) is 0.545. The molecule has 2 aromatic carbocycles. The highest BCUT2D eigenvalue weighted by molar-refractivity contribution is 5.90. The Bertz CT molecular complexity index is 1030. The van der Waals surface area contributed by atoms with E-state index in [0.29, 0.717) is 28.7 Å². The number of aromatic nitrogens is 2. The molecule has 3 rings (SSSR count). The van der Waals surface area contributed by atoms with E-state index in [1.807, 2.05) is 24.3 Å². The van der Waals surface area contributed by atoms with Crippen molar-refractivity contribution in [3.8, 4) is 0 Å². The molecule has 148 valence electrons. The number of ether oxygens (including phenoxy) is 1. The second kappa shape index (κ2) is 8.83.